The van der Waals surface area contributed by atoms with Gasteiger partial charge >= 0.3 is 5.69 Å². The fraction of sp³-hybridized carbons (Fsp3) is 0.333. The fourth-order valence-electron chi connectivity index (χ4n) is 1.83. The molecule has 7 nitrogen and oxygen atoms in total. The van der Waals surface area contributed by atoms with Crippen molar-refractivity contribution in [3.63, 3.8) is 0 Å². The van der Waals surface area contributed by atoms with Gasteiger partial charge in [-0.15, -0.1) is 0 Å². The molecule has 2 heterocycles. The first kappa shape index (κ1) is 14.6. The van der Waals surface area contributed by atoms with Crippen molar-refractivity contribution in [3.8, 4) is 0 Å². The Kier molecular flexibility index (Phi) is 4.80. The third kappa shape index (κ3) is 3.61. The molecule has 0 fully saturated rings. The van der Waals surface area contributed by atoms with E-state index in [2.05, 4.69) is 36.2 Å². The molecule has 0 aliphatic rings. The number of amides is 1. The summed E-state index contributed by atoms with van der Waals surface area (Å²) in [7, 11) is 1.56. The maximum Gasteiger partial charge on any atom is 0.323 e. The predicted octanol–water partition coefficient (Wildman–Crippen LogP) is 1.30. The second-order valence-electron chi connectivity index (χ2n) is 4.20. The molecule has 0 bridgehead atoms. The Morgan fingerprint density at radius 3 is 2.80 bits per heavy atom. The van der Waals surface area contributed by atoms with Gasteiger partial charge in [0.25, 0.3) is 5.91 Å². The van der Waals surface area contributed by atoms with Crippen LogP contribution in [0.4, 0.5) is 0 Å². The van der Waals surface area contributed by atoms with Crippen LogP contribution in [-0.4, -0.2) is 34.5 Å². The molecule has 8 heteroatoms. The number of carbonyl (C=O) groups is 1. The van der Waals surface area contributed by atoms with E-state index >= 15 is 0 Å². The lowest BCUT2D eigenvalue weighted by Gasteiger charge is -2.13. The van der Waals surface area contributed by atoms with Gasteiger partial charge < -0.3 is 25.0 Å². The minimum atomic E-state index is -0.276. The lowest BCUT2D eigenvalue weighted by molar-refractivity contribution is 0.0854. The molecule has 108 valence electrons. The molecule has 1 amide bonds. The lowest BCUT2D eigenvalue weighted by Crippen LogP contribution is -2.26. The normalized spacial score (nSPS) is 12.3. The van der Waals surface area contributed by atoms with E-state index in [1.807, 2.05) is 0 Å². The van der Waals surface area contributed by atoms with Crippen molar-refractivity contribution < 1.29 is 9.53 Å². The summed E-state index contributed by atoms with van der Waals surface area (Å²) in [6.45, 7) is 0.432. The third-order valence-electron chi connectivity index (χ3n) is 2.83. The number of H-pyrrole nitrogens is 3. The zero-order chi connectivity index (χ0) is 14.5. The van der Waals surface area contributed by atoms with Crippen LogP contribution in [0.2, 0.25) is 0 Å². The zero-order valence-corrected chi connectivity index (χ0v) is 12.4. The zero-order valence-electron chi connectivity index (χ0n) is 10.8. The van der Waals surface area contributed by atoms with E-state index < -0.39 is 0 Å². The van der Waals surface area contributed by atoms with Crippen LogP contribution >= 0.6 is 15.9 Å². The van der Waals surface area contributed by atoms with Crippen molar-refractivity contribution in [1.29, 1.82) is 0 Å². The Morgan fingerprint density at radius 1 is 1.45 bits per heavy atom. The van der Waals surface area contributed by atoms with Crippen LogP contribution in [-0.2, 0) is 4.74 Å². The maximum atomic E-state index is 11.8. The van der Waals surface area contributed by atoms with Gasteiger partial charge in [0.1, 0.15) is 11.8 Å². The van der Waals surface area contributed by atoms with E-state index in [1.54, 1.807) is 25.6 Å². The van der Waals surface area contributed by atoms with Crippen molar-refractivity contribution in [2.45, 2.75) is 12.5 Å². The molecule has 0 aliphatic carbocycles. The predicted molar refractivity (Wildman–Crippen MR) is 76.6 cm³/mol. The summed E-state index contributed by atoms with van der Waals surface area (Å²) in [5.41, 5.74) is 0.873. The molecule has 0 aliphatic heterocycles. The summed E-state index contributed by atoms with van der Waals surface area (Å²) in [6.07, 6.45) is 3.54. The van der Waals surface area contributed by atoms with Crippen LogP contribution in [0.3, 0.4) is 0 Å². The molecule has 1 unspecified atom stereocenters. The highest BCUT2D eigenvalue weighted by Crippen LogP contribution is 2.16. The summed E-state index contributed by atoms with van der Waals surface area (Å²) in [6, 6.07) is 1.70. The quantitative estimate of drug-likeness (QED) is 0.636. The van der Waals surface area contributed by atoms with Crippen molar-refractivity contribution >= 4 is 21.8 Å². The smallest absolute Gasteiger partial charge is 0.323 e. The van der Waals surface area contributed by atoms with E-state index in [0.717, 1.165) is 4.47 Å². The third-order valence-corrected chi connectivity index (χ3v) is 3.29. The van der Waals surface area contributed by atoms with E-state index in [9.17, 15) is 9.59 Å². The second kappa shape index (κ2) is 6.58. The number of imidazole rings is 1. The van der Waals surface area contributed by atoms with Crippen molar-refractivity contribution in [3.05, 3.63) is 44.8 Å². The van der Waals surface area contributed by atoms with Gasteiger partial charge in [0, 0.05) is 30.5 Å². The van der Waals surface area contributed by atoms with E-state index in [1.165, 1.54) is 0 Å². The van der Waals surface area contributed by atoms with Crippen molar-refractivity contribution in [1.82, 2.24) is 20.3 Å². The summed E-state index contributed by atoms with van der Waals surface area (Å²) in [5, 5.41) is 2.78. The molecule has 0 spiro atoms. The topological polar surface area (TPSA) is 103 Å². The summed E-state index contributed by atoms with van der Waals surface area (Å²) in [5.74, 6) is -0.187. The molecular weight excluding hydrogens is 328 g/mol. The Labute approximate surface area is 123 Å². The first-order chi connectivity index (χ1) is 9.60. The molecular formula is C12H15BrN4O3. The van der Waals surface area contributed by atoms with Gasteiger partial charge in [-0.2, -0.15) is 0 Å². The molecule has 1 atom stereocenters. The summed E-state index contributed by atoms with van der Waals surface area (Å²) >= 11 is 3.27. The van der Waals surface area contributed by atoms with Gasteiger partial charge in [-0.05, 0) is 28.4 Å². The van der Waals surface area contributed by atoms with Gasteiger partial charge in [-0.1, -0.05) is 0 Å². The first-order valence-corrected chi connectivity index (χ1v) is 6.82. The number of hydrogen-bond acceptors (Lipinski definition) is 3. The number of hydrogen-bond donors (Lipinski definition) is 4. The van der Waals surface area contributed by atoms with Crippen LogP contribution in [0.1, 0.15) is 28.7 Å². The first-order valence-electron chi connectivity index (χ1n) is 6.02. The molecule has 20 heavy (non-hydrogen) atoms. The summed E-state index contributed by atoms with van der Waals surface area (Å²) < 4.78 is 6.11. The number of carbonyl (C=O) groups excluding carboxylic acids is 1. The number of halogens is 1. The highest BCUT2D eigenvalue weighted by Gasteiger charge is 2.14. The lowest BCUT2D eigenvalue weighted by atomic mass is 10.2. The molecule has 2 rings (SSSR count). The van der Waals surface area contributed by atoms with Crippen molar-refractivity contribution in [2.75, 3.05) is 13.7 Å². The van der Waals surface area contributed by atoms with Gasteiger partial charge in [-0.25, -0.2) is 4.79 Å². The Hall–Kier alpha value is -1.80. The molecule has 2 aromatic rings. The Balaban J connectivity index is 1.85. The number of aromatic nitrogens is 3. The largest absolute Gasteiger partial charge is 0.375 e. The molecule has 4 N–H and O–H groups in total. The number of aromatic amines is 3. The number of ether oxygens (including phenoxy) is 1. The molecule has 0 radical (unpaired) electrons. The minimum absolute atomic E-state index is 0.187. The molecule has 2 aromatic heterocycles. The van der Waals surface area contributed by atoms with E-state index in [0.29, 0.717) is 24.4 Å². The van der Waals surface area contributed by atoms with Gasteiger partial charge in [0.05, 0.1) is 5.69 Å². The number of methoxy groups -OCH3 is 1. The average Bonchev–Trinajstić information content (AvgIpc) is 3.03. The van der Waals surface area contributed by atoms with Gasteiger partial charge in [0.15, 0.2) is 0 Å². The minimum Gasteiger partial charge on any atom is -0.375 e. The standard InChI is InChI=1S/C12H15BrN4O3/c1-20-10(9-6-16-12(19)17-9)2-3-14-11(18)8-4-7(13)5-15-8/h4-6,10,15H,2-3H2,1H3,(H,14,18)(H2,16,17,19). The van der Waals surface area contributed by atoms with E-state index in [4.69, 9.17) is 4.74 Å². The monoisotopic (exact) mass is 342 g/mol. The molecule has 0 aromatic carbocycles. The number of rotatable bonds is 6. The van der Waals surface area contributed by atoms with E-state index in [-0.39, 0.29) is 17.7 Å². The van der Waals surface area contributed by atoms with Gasteiger partial charge in [0.2, 0.25) is 0 Å². The van der Waals surface area contributed by atoms with Crippen molar-refractivity contribution in [2.24, 2.45) is 0 Å². The molecule has 0 saturated heterocycles. The van der Waals surface area contributed by atoms with Gasteiger partial charge in [-0.3, -0.25) is 4.79 Å². The Morgan fingerprint density at radius 2 is 2.25 bits per heavy atom. The SMILES string of the molecule is COC(CCNC(=O)c1cc(Br)c[nH]1)c1c[nH]c(=O)[nH]1. The van der Waals surface area contributed by atoms with Crippen LogP contribution in [0.5, 0.6) is 0 Å². The number of nitrogens with one attached hydrogen (secondary N) is 4. The summed E-state index contributed by atoms with van der Waals surface area (Å²) in [4.78, 5) is 30.8. The Bertz CT molecular complexity index is 630. The second-order valence-corrected chi connectivity index (χ2v) is 5.11. The maximum absolute atomic E-state index is 11.8. The van der Waals surface area contributed by atoms with Crippen LogP contribution in [0.15, 0.2) is 27.7 Å². The highest BCUT2D eigenvalue weighted by atomic mass is 79.9. The van der Waals surface area contributed by atoms with Crippen LogP contribution in [0, 0.1) is 0 Å². The average molecular weight is 343 g/mol. The van der Waals surface area contributed by atoms with Crippen LogP contribution < -0.4 is 11.0 Å². The molecule has 0 saturated carbocycles. The highest BCUT2D eigenvalue weighted by molar-refractivity contribution is 9.10. The van der Waals surface area contributed by atoms with Crippen LogP contribution in [0.25, 0.3) is 0 Å². The fourth-order valence-corrected chi connectivity index (χ4v) is 2.17.